The van der Waals surface area contributed by atoms with Gasteiger partial charge in [-0.3, -0.25) is 0 Å². The molecule has 6 heteroatoms. The Hall–Kier alpha value is -0.640. The van der Waals surface area contributed by atoms with Crippen LogP contribution in [0, 0.1) is 17.2 Å². The smallest absolute Gasteiger partial charge is 0.230 e. The van der Waals surface area contributed by atoms with Crippen LogP contribution in [-0.2, 0) is 10.0 Å². The second kappa shape index (κ2) is 5.13. The van der Waals surface area contributed by atoms with Crippen LogP contribution in [0.5, 0.6) is 0 Å². The molecule has 92 valence electrons. The Morgan fingerprint density at radius 1 is 1.62 bits per heavy atom. The summed E-state index contributed by atoms with van der Waals surface area (Å²) in [4.78, 5) is 0. The van der Waals surface area contributed by atoms with Crippen LogP contribution in [0.2, 0.25) is 0 Å². The molecule has 0 aliphatic carbocycles. The van der Waals surface area contributed by atoms with E-state index in [1.807, 2.05) is 0 Å². The largest absolute Gasteiger partial charge is 0.329 e. The molecule has 0 aromatic carbocycles. The second-order valence-corrected chi connectivity index (χ2v) is 6.65. The molecule has 0 radical (unpaired) electrons. The van der Waals surface area contributed by atoms with Crippen molar-refractivity contribution in [1.29, 1.82) is 5.26 Å². The molecule has 0 aromatic rings. The molecule has 0 spiro atoms. The van der Waals surface area contributed by atoms with Crippen LogP contribution in [0.3, 0.4) is 0 Å². The molecule has 1 heterocycles. The number of hydrogen-bond acceptors (Lipinski definition) is 4. The maximum atomic E-state index is 12.0. The van der Waals surface area contributed by atoms with Gasteiger partial charge in [-0.2, -0.15) is 9.57 Å². The summed E-state index contributed by atoms with van der Waals surface area (Å²) in [7, 11) is -3.50. The summed E-state index contributed by atoms with van der Waals surface area (Å²) >= 11 is 0. The quantitative estimate of drug-likeness (QED) is 0.774. The third-order valence-electron chi connectivity index (χ3n) is 3.15. The number of sulfonamides is 1. The van der Waals surface area contributed by atoms with Crippen LogP contribution in [-0.4, -0.2) is 37.1 Å². The summed E-state index contributed by atoms with van der Waals surface area (Å²) in [6.45, 7) is 4.32. The predicted molar refractivity (Wildman–Crippen MR) is 61.9 cm³/mol. The zero-order valence-electron chi connectivity index (χ0n) is 9.76. The highest BCUT2D eigenvalue weighted by molar-refractivity contribution is 7.90. The van der Waals surface area contributed by atoms with Crippen molar-refractivity contribution in [2.24, 2.45) is 11.7 Å². The van der Waals surface area contributed by atoms with Crippen molar-refractivity contribution < 1.29 is 8.42 Å². The Morgan fingerprint density at radius 3 is 2.75 bits per heavy atom. The maximum absolute atomic E-state index is 12.0. The number of nitrogens with zero attached hydrogens (tertiary/aromatic N) is 2. The van der Waals surface area contributed by atoms with Crippen LogP contribution < -0.4 is 5.73 Å². The van der Waals surface area contributed by atoms with E-state index >= 15 is 0 Å². The number of piperidine rings is 1. The highest BCUT2D eigenvalue weighted by Crippen LogP contribution is 2.25. The molecule has 3 unspecified atom stereocenters. The molecule has 16 heavy (non-hydrogen) atoms. The third kappa shape index (κ3) is 2.54. The lowest BCUT2D eigenvalue weighted by Gasteiger charge is -2.37. The molecule has 0 amide bonds. The van der Waals surface area contributed by atoms with E-state index in [0.29, 0.717) is 19.0 Å². The van der Waals surface area contributed by atoms with Gasteiger partial charge in [-0.15, -0.1) is 0 Å². The van der Waals surface area contributed by atoms with Gasteiger partial charge in [0.15, 0.2) is 5.25 Å². The minimum Gasteiger partial charge on any atom is -0.329 e. The fraction of sp³-hybridized carbons (Fsp3) is 0.900. The van der Waals surface area contributed by atoms with Gasteiger partial charge in [0.2, 0.25) is 10.0 Å². The molecule has 1 saturated heterocycles. The Morgan fingerprint density at radius 2 is 2.25 bits per heavy atom. The van der Waals surface area contributed by atoms with Gasteiger partial charge in [-0.25, -0.2) is 8.42 Å². The lowest BCUT2D eigenvalue weighted by atomic mass is 9.94. The average molecular weight is 245 g/mol. The van der Waals surface area contributed by atoms with Crippen molar-refractivity contribution >= 4 is 10.0 Å². The third-order valence-corrected chi connectivity index (χ3v) is 5.28. The molecule has 1 fully saturated rings. The van der Waals surface area contributed by atoms with Gasteiger partial charge in [-0.05, 0) is 25.7 Å². The zero-order valence-corrected chi connectivity index (χ0v) is 10.6. The molecular weight excluding hydrogens is 226 g/mol. The molecule has 1 aliphatic rings. The van der Waals surface area contributed by atoms with Crippen molar-refractivity contribution in [3.8, 4) is 6.07 Å². The molecular formula is C10H19N3O2S. The highest BCUT2D eigenvalue weighted by atomic mass is 32.2. The first kappa shape index (κ1) is 13.4. The van der Waals surface area contributed by atoms with Gasteiger partial charge in [0.05, 0.1) is 6.07 Å². The van der Waals surface area contributed by atoms with Crippen LogP contribution in [0.15, 0.2) is 0 Å². The van der Waals surface area contributed by atoms with E-state index in [0.717, 1.165) is 12.8 Å². The van der Waals surface area contributed by atoms with Gasteiger partial charge in [0.1, 0.15) is 0 Å². The fourth-order valence-corrected chi connectivity index (χ4v) is 3.54. The number of hydrogen-bond donors (Lipinski definition) is 1. The van der Waals surface area contributed by atoms with Gasteiger partial charge in [0.25, 0.3) is 0 Å². The molecule has 1 rings (SSSR count). The van der Waals surface area contributed by atoms with E-state index in [9.17, 15) is 8.42 Å². The SMILES string of the molecule is CC1CCN(S(=O)(=O)C(C)C#N)C(CN)C1. The first-order chi connectivity index (χ1) is 7.43. The van der Waals surface area contributed by atoms with E-state index in [-0.39, 0.29) is 6.04 Å². The Balaban J connectivity index is 2.91. The monoisotopic (exact) mass is 245 g/mol. The summed E-state index contributed by atoms with van der Waals surface area (Å²) in [6, 6.07) is 1.64. The molecule has 0 saturated carbocycles. The molecule has 0 aromatic heterocycles. The first-order valence-electron chi connectivity index (χ1n) is 5.53. The van der Waals surface area contributed by atoms with Crippen molar-refractivity contribution in [2.75, 3.05) is 13.1 Å². The molecule has 1 aliphatic heterocycles. The summed E-state index contributed by atoms with van der Waals surface area (Å²) in [5.74, 6) is 0.498. The zero-order chi connectivity index (χ0) is 12.3. The van der Waals surface area contributed by atoms with Crippen molar-refractivity contribution in [3.63, 3.8) is 0 Å². The van der Waals surface area contributed by atoms with Crippen LogP contribution >= 0.6 is 0 Å². The lowest BCUT2D eigenvalue weighted by Crippen LogP contribution is -2.51. The maximum Gasteiger partial charge on any atom is 0.230 e. The molecule has 3 atom stereocenters. The topological polar surface area (TPSA) is 87.2 Å². The van der Waals surface area contributed by atoms with Crippen LogP contribution in [0.1, 0.15) is 26.7 Å². The van der Waals surface area contributed by atoms with Gasteiger partial charge in [-0.1, -0.05) is 6.92 Å². The van der Waals surface area contributed by atoms with Gasteiger partial charge < -0.3 is 5.73 Å². The van der Waals surface area contributed by atoms with E-state index in [1.54, 1.807) is 6.07 Å². The Bertz CT molecular complexity index is 374. The van der Waals surface area contributed by atoms with Crippen molar-refractivity contribution in [2.45, 2.75) is 38.0 Å². The van der Waals surface area contributed by atoms with Gasteiger partial charge >= 0.3 is 0 Å². The van der Waals surface area contributed by atoms with Crippen LogP contribution in [0.4, 0.5) is 0 Å². The van der Waals surface area contributed by atoms with Crippen molar-refractivity contribution in [1.82, 2.24) is 4.31 Å². The Labute approximate surface area is 97.3 Å². The number of rotatable bonds is 3. The number of nitriles is 1. The lowest BCUT2D eigenvalue weighted by molar-refractivity contribution is 0.210. The minimum absolute atomic E-state index is 0.149. The molecule has 0 bridgehead atoms. The van der Waals surface area contributed by atoms with Crippen LogP contribution in [0.25, 0.3) is 0 Å². The summed E-state index contributed by atoms with van der Waals surface area (Å²) in [5.41, 5.74) is 5.61. The van der Waals surface area contributed by atoms with E-state index < -0.39 is 15.3 Å². The van der Waals surface area contributed by atoms with E-state index in [1.165, 1.54) is 11.2 Å². The standard InChI is InChI=1S/C10H19N3O2S/c1-8-3-4-13(10(5-8)7-12)16(14,15)9(2)6-11/h8-10H,3-5,7,12H2,1-2H3. The van der Waals surface area contributed by atoms with Gasteiger partial charge in [0, 0.05) is 19.1 Å². The van der Waals surface area contributed by atoms with E-state index in [2.05, 4.69) is 6.92 Å². The summed E-state index contributed by atoms with van der Waals surface area (Å²) in [6.07, 6.45) is 1.63. The molecule has 5 nitrogen and oxygen atoms in total. The fourth-order valence-electron chi connectivity index (χ4n) is 2.05. The number of nitrogens with two attached hydrogens (primary N) is 1. The summed E-state index contributed by atoms with van der Waals surface area (Å²) in [5, 5.41) is 7.73. The van der Waals surface area contributed by atoms with E-state index in [4.69, 9.17) is 11.0 Å². The minimum atomic E-state index is -3.50. The van der Waals surface area contributed by atoms with Crippen molar-refractivity contribution in [3.05, 3.63) is 0 Å². The summed E-state index contributed by atoms with van der Waals surface area (Å²) < 4.78 is 25.5. The molecule has 2 N–H and O–H groups in total. The predicted octanol–water partition coefficient (Wildman–Crippen LogP) is 0.287. The second-order valence-electron chi connectivity index (χ2n) is 4.45. The Kier molecular flexibility index (Phi) is 4.30. The highest BCUT2D eigenvalue weighted by Gasteiger charge is 2.36. The normalized spacial score (nSPS) is 29.6. The average Bonchev–Trinajstić information content (AvgIpc) is 2.27. The first-order valence-corrected chi connectivity index (χ1v) is 7.04.